The van der Waals surface area contributed by atoms with E-state index in [2.05, 4.69) is 27.5 Å². The molecule has 0 aliphatic heterocycles. The lowest BCUT2D eigenvalue weighted by Gasteiger charge is -2.14. The average Bonchev–Trinajstić information content (AvgIpc) is 3.23. The fraction of sp³-hybridized carbons (Fsp3) is 0.286. The minimum atomic E-state index is -0.258. The SMILES string of the molecule is CC[C@@H](CO)NC(=O)c1cc(Cc2ccc(-n3cccn3)cc2)c(C)cn1. The van der Waals surface area contributed by atoms with Crippen LogP contribution in [0.25, 0.3) is 5.69 Å². The second-order valence-corrected chi connectivity index (χ2v) is 6.55. The van der Waals surface area contributed by atoms with Crippen molar-refractivity contribution in [1.29, 1.82) is 0 Å². The molecule has 2 aromatic heterocycles. The van der Waals surface area contributed by atoms with E-state index >= 15 is 0 Å². The predicted molar refractivity (Wildman–Crippen MR) is 104 cm³/mol. The lowest BCUT2D eigenvalue weighted by Crippen LogP contribution is -2.37. The molecule has 3 aromatic rings. The minimum absolute atomic E-state index is 0.0798. The Bertz CT molecular complexity index is 885. The highest BCUT2D eigenvalue weighted by molar-refractivity contribution is 5.92. The monoisotopic (exact) mass is 364 g/mol. The van der Waals surface area contributed by atoms with E-state index in [1.54, 1.807) is 12.4 Å². The number of aromatic nitrogens is 3. The third-order valence-electron chi connectivity index (χ3n) is 4.60. The molecule has 140 valence electrons. The Hall–Kier alpha value is -2.99. The van der Waals surface area contributed by atoms with Crippen LogP contribution in [0.1, 0.15) is 40.5 Å². The van der Waals surface area contributed by atoms with E-state index in [1.807, 2.05) is 49.0 Å². The zero-order chi connectivity index (χ0) is 19.2. The van der Waals surface area contributed by atoms with E-state index in [-0.39, 0.29) is 18.6 Å². The minimum Gasteiger partial charge on any atom is -0.394 e. The zero-order valence-corrected chi connectivity index (χ0v) is 15.6. The molecule has 0 aliphatic rings. The second kappa shape index (κ2) is 8.60. The van der Waals surface area contributed by atoms with E-state index in [4.69, 9.17) is 0 Å². The molecule has 0 spiro atoms. The maximum absolute atomic E-state index is 12.4. The number of amides is 1. The molecular formula is C21H24N4O2. The first-order chi connectivity index (χ1) is 13.1. The van der Waals surface area contributed by atoms with Gasteiger partial charge in [-0.2, -0.15) is 5.10 Å². The van der Waals surface area contributed by atoms with E-state index < -0.39 is 0 Å². The number of nitrogens with zero attached hydrogens (tertiary/aromatic N) is 3. The van der Waals surface area contributed by atoms with Gasteiger partial charge in [-0.15, -0.1) is 0 Å². The Morgan fingerprint density at radius 2 is 2.07 bits per heavy atom. The second-order valence-electron chi connectivity index (χ2n) is 6.55. The van der Waals surface area contributed by atoms with Gasteiger partial charge in [-0.05, 0) is 60.7 Å². The molecule has 0 fully saturated rings. The fourth-order valence-corrected chi connectivity index (χ4v) is 2.82. The van der Waals surface area contributed by atoms with Gasteiger partial charge in [0.05, 0.1) is 18.3 Å². The molecule has 0 unspecified atom stereocenters. The van der Waals surface area contributed by atoms with Gasteiger partial charge in [0.25, 0.3) is 5.91 Å². The Kier molecular flexibility index (Phi) is 5.98. The number of carbonyl (C=O) groups excluding carboxylic acids is 1. The van der Waals surface area contributed by atoms with Crippen LogP contribution in [0.4, 0.5) is 0 Å². The number of rotatable bonds is 7. The van der Waals surface area contributed by atoms with Crippen LogP contribution in [0.15, 0.2) is 55.0 Å². The van der Waals surface area contributed by atoms with E-state index in [9.17, 15) is 9.90 Å². The lowest BCUT2D eigenvalue weighted by molar-refractivity contribution is 0.0910. The third kappa shape index (κ3) is 4.60. The highest BCUT2D eigenvalue weighted by Gasteiger charge is 2.14. The number of hydrogen-bond donors (Lipinski definition) is 2. The van der Waals surface area contributed by atoms with Crippen molar-refractivity contribution in [3.63, 3.8) is 0 Å². The van der Waals surface area contributed by atoms with Crippen LogP contribution < -0.4 is 5.32 Å². The Morgan fingerprint density at radius 1 is 1.30 bits per heavy atom. The number of hydrogen-bond acceptors (Lipinski definition) is 4. The fourth-order valence-electron chi connectivity index (χ4n) is 2.82. The van der Waals surface area contributed by atoms with Gasteiger partial charge >= 0.3 is 0 Å². The van der Waals surface area contributed by atoms with Gasteiger partial charge < -0.3 is 10.4 Å². The first-order valence-corrected chi connectivity index (χ1v) is 9.07. The van der Waals surface area contributed by atoms with Gasteiger partial charge in [0.1, 0.15) is 5.69 Å². The van der Waals surface area contributed by atoms with Crippen LogP contribution in [0.3, 0.4) is 0 Å². The molecule has 1 amide bonds. The molecule has 1 aromatic carbocycles. The highest BCUT2D eigenvalue weighted by atomic mass is 16.3. The van der Waals surface area contributed by atoms with Crippen molar-refractivity contribution in [3.05, 3.63) is 77.4 Å². The van der Waals surface area contributed by atoms with Gasteiger partial charge in [-0.3, -0.25) is 9.78 Å². The molecule has 2 N–H and O–H groups in total. The molecule has 6 nitrogen and oxygen atoms in total. The van der Waals surface area contributed by atoms with Gasteiger partial charge in [0, 0.05) is 18.6 Å². The van der Waals surface area contributed by atoms with Crippen LogP contribution >= 0.6 is 0 Å². The summed E-state index contributed by atoms with van der Waals surface area (Å²) in [7, 11) is 0. The number of pyridine rings is 1. The first-order valence-electron chi connectivity index (χ1n) is 9.07. The van der Waals surface area contributed by atoms with Gasteiger partial charge in [-0.25, -0.2) is 4.68 Å². The molecule has 6 heteroatoms. The summed E-state index contributed by atoms with van der Waals surface area (Å²) in [5.41, 5.74) is 4.62. The van der Waals surface area contributed by atoms with Crippen LogP contribution in [-0.4, -0.2) is 38.4 Å². The molecule has 0 radical (unpaired) electrons. The van der Waals surface area contributed by atoms with E-state index in [0.717, 1.165) is 22.4 Å². The van der Waals surface area contributed by atoms with Gasteiger partial charge in [0.15, 0.2) is 0 Å². The zero-order valence-electron chi connectivity index (χ0n) is 15.6. The maximum atomic E-state index is 12.4. The predicted octanol–water partition coefficient (Wildman–Crippen LogP) is 2.67. The largest absolute Gasteiger partial charge is 0.394 e. The molecule has 0 saturated heterocycles. The summed E-state index contributed by atoms with van der Waals surface area (Å²) in [6.07, 6.45) is 6.76. The number of carbonyl (C=O) groups is 1. The molecule has 0 saturated carbocycles. The number of aliphatic hydroxyl groups excluding tert-OH is 1. The normalized spacial score (nSPS) is 12.0. The topological polar surface area (TPSA) is 80.0 Å². The smallest absolute Gasteiger partial charge is 0.270 e. The Balaban J connectivity index is 1.75. The van der Waals surface area contributed by atoms with Gasteiger partial charge in [0.2, 0.25) is 0 Å². The summed E-state index contributed by atoms with van der Waals surface area (Å²) in [5, 5.41) is 16.3. The van der Waals surface area contributed by atoms with Crippen molar-refractivity contribution in [1.82, 2.24) is 20.1 Å². The van der Waals surface area contributed by atoms with Crippen LogP contribution in [0.5, 0.6) is 0 Å². The highest BCUT2D eigenvalue weighted by Crippen LogP contribution is 2.16. The summed E-state index contributed by atoms with van der Waals surface area (Å²) in [5.74, 6) is -0.258. The number of aryl methyl sites for hydroxylation is 1. The van der Waals surface area contributed by atoms with Crippen molar-refractivity contribution in [2.24, 2.45) is 0 Å². The molecule has 27 heavy (non-hydrogen) atoms. The van der Waals surface area contributed by atoms with Crippen molar-refractivity contribution < 1.29 is 9.90 Å². The van der Waals surface area contributed by atoms with E-state index in [1.165, 1.54) is 0 Å². The molecule has 1 atom stereocenters. The molecular weight excluding hydrogens is 340 g/mol. The summed E-state index contributed by atoms with van der Waals surface area (Å²) < 4.78 is 1.81. The summed E-state index contributed by atoms with van der Waals surface area (Å²) in [6.45, 7) is 3.83. The lowest BCUT2D eigenvalue weighted by atomic mass is 10.0. The van der Waals surface area contributed by atoms with Gasteiger partial charge in [-0.1, -0.05) is 19.1 Å². The van der Waals surface area contributed by atoms with Crippen LogP contribution in [0.2, 0.25) is 0 Å². The Labute approximate surface area is 158 Å². The van der Waals surface area contributed by atoms with Crippen LogP contribution in [-0.2, 0) is 6.42 Å². The third-order valence-corrected chi connectivity index (χ3v) is 4.60. The van der Waals surface area contributed by atoms with E-state index in [0.29, 0.717) is 18.5 Å². The summed E-state index contributed by atoms with van der Waals surface area (Å²) in [6, 6.07) is 11.7. The van der Waals surface area contributed by atoms with Crippen molar-refractivity contribution in [3.8, 4) is 5.69 Å². The summed E-state index contributed by atoms with van der Waals surface area (Å²) in [4.78, 5) is 16.6. The summed E-state index contributed by atoms with van der Waals surface area (Å²) >= 11 is 0. The molecule has 0 aliphatic carbocycles. The number of benzene rings is 1. The molecule has 0 bridgehead atoms. The van der Waals surface area contributed by atoms with Crippen molar-refractivity contribution in [2.45, 2.75) is 32.7 Å². The standard InChI is InChI=1S/C21H24N4O2/c1-3-18(14-26)24-21(27)20-12-17(15(2)13-22-20)11-16-5-7-19(8-6-16)25-10-4-9-23-25/h4-10,12-13,18,26H,3,11,14H2,1-2H3,(H,24,27)/t18-/m0/s1. The first kappa shape index (κ1) is 18.8. The van der Waals surface area contributed by atoms with Crippen molar-refractivity contribution in [2.75, 3.05) is 6.61 Å². The van der Waals surface area contributed by atoms with Crippen molar-refractivity contribution >= 4 is 5.91 Å². The Morgan fingerprint density at radius 3 is 2.70 bits per heavy atom. The molecule has 3 rings (SSSR count). The average molecular weight is 364 g/mol. The van der Waals surface area contributed by atoms with Crippen LogP contribution in [0, 0.1) is 6.92 Å². The maximum Gasteiger partial charge on any atom is 0.270 e. The number of aliphatic hydroxyl groups is 1. The number of nitrogens with one attached hydrogen (secondary N) is 1. The molecule has 2 heterocycles. The quantitative estimate of drug-likeness (QED) is 0.675.